The lowest BCUT2D eigenvalue weighted by Crippen LogP contribution is -2.43. The predicted octanol–water partition coefficient (Wildman–Crippen LogP) is 2.44. The molecule has 1 aliphatic rings. The lowest BCUT2D eigenvalue weighted by atomic mass is 10.0. The standard InChI is InChI=1S/C14H20IN3O/c1-10(17-18-7-3-2-4-8-18)13-9-11(15)5-6-12(13)14(16)19/h5-6,9-10,17H,2-4,7-8H2,1H3,(H2,16,19). The van der Waals surface area contributed by atoms with E-state index in [0.29, 0.717) is 5.56 Å². The second kappa shape index (κ2) is 6.67. The first-order valence-electron chi connectivity index (χ1n) is 6.68. The van der Waals surface area contributed by atoms with Gasteiger partial charge in [-0.25, -0.2) is 10.4 Å². The molecule has 1 atom stereocenters. The highest BCUT2D eigenvalue weighted by atomic mass is 127. The summed E-state index contributed by atoms with van der Waals surface area (Å²) in [5, 5.41) is 2.25. The van der Waals surface area contributed by atoms with Crippen molar-refractivity contribution >= 4 is 28.5 Å². The second-order valence-electron chi connectivity index (χ2n) is 4.99. The molecule has 1 heterocycles. The van der Waals surface area contributed by atoms with Gasteiger partial charge in [-0.15, -0.1) is 0 Å². The van der Waals surface area contributed by atoms with Crippen LogP contribution in [-0.2, 0) is 0 Å². The number of primary amides is 1. The summed E-state index contributed by atoms with van der Waals surface area (Å²) in [6.45, 7) is 4.22. The first-order chi connectivity index (χ1) is 9.08. The zero-order valence-electron chi connectivity index (χ0n) is 11.2. The number of halogens is 1. The third-order valence-corrected chi connectivity index (χ3v) is 4.15. The zero-order chi connectivity index (χ0) is 13.8. The van der Waals surface area contributed by atoms with E-state index >= 15 is 0 Å². The van der Waals surface area contributed by atoms with Crippen molar-refractivity contribution in [3.8, 4) is 0 Å². The molecule has 0 aromatic heterocycles. The maximum atomic E-state index is 11.5. The van der Waals surface area contributed by atoms with E-state index in [2.05, 4.69) is 39.9 Å². The van der Waals surface area contributed by atoms with E-state index in [9.17, 15) is 4.79 Å². The van der Waals surface area contributed by atoms with Crippen LogP contribution in [-0.4, -0.2) is 24.0 Å². The van der Waals surface area contributed by atoms with Crippen LogP contribution in [0.3, 0.4) is 0 Å². The van der Waals surface area contributed by atoms with Gasteiger partial charge >= 0.3 is 0 Å². The van der Waals surface area contributed by atoms with Crippen LogP contribution in [0, 0.1) is 3.57 Å². The van der Waals surface area contributed by atoms with Gasteiger partial charge in [0.25, 0.3) is 0 Å². The van der Waals surface area contributed by atoms with Crippen LogP contribution in [0.5, 0.6) is 0 Å². The van der Waals surface area contributed by atoms with Crippen molar-refractivity contribution in [2.24, 2.45) is 5.73 Å². The highest BCUT2D eigenvalue weighted by Crippen LogP contribution is 2.21. The Balaban J connectivity index is 2.14. The average molecular weight is 373 g/mol. The molecule has 5 heteroatoms. The van der Waals surface area contributed by atoms with Crippen LogP contribution >= 0.6 is 22.6 Å². The van der Waals surface area contributed by atoms with Gasteiger partial charge in [0.05, 0.1) is 0 Å². The molecule has 1 aromatic carbocycles. The molecule has 4 nitrogen and oxygen atoms in total. The summed E-state index contributed by atoms with van der Waals surface area (Å²) in [5.74, 6) is -0.362. The number of nitrogens with one attached hydrogen (secondary N) is 1. The summed E-state index contributed by atoms with van der Waals surface area (Å²) in [5.41, 5.74) is 10.5. The van der Waals surface area contributed by atoms with Crippen LogP contribution < -0.4 is 11.2 Å². The minimum absolute atomic E-state index is 0.0929. The molecule has 3 N–H and O–H groups in total. The molecular formula is C14H20IN3O. The van der Waals surface area contributed by atoms with Crippen molar-refractivity contribution in [1.29, 1.82) is 0 Å². The summed E-state index contributed by atoms with van der Waals surface area (Å²) < 4.78 is 1.12. The Hall–Kier alpha value is -0.660. The number of hydrazine groups is 1. The number of nitrogens with zero attached hydrogens (tertiary/aromatic N) is 1. The molecule has 1 amide bonds. The van der Waals surface area contributed by atoms with Gasteiger partial charge in [-0.3, -0.25) is 4.79 Å². The smallest absolute Gasteiger partial charge is 0.249 e. The highest BCUT2D eigenvalue weighted by Gasteiger charge is 2.18. The Morgan fingerprint density at radius 3 is 2.68 bits per heavy atom. The molecule has 2 rings (SSSR count). The van der Waals surface area contributed by atoms with Crippen molar-refractivity contribution in [1.82, 2.24) is 10.4 Å². The molecule has 1 aliphatic heterocycles. The van der Waals surface area contributed by atoms with Crippen LogP contribution in [0.1, 0.15) is 48.1 Å². The summed E-state index contributed by atoms with van der Waals surface area (Å²) in [4.78, 5) is 11.5. The highest BCUT2D eigenvalue weighted by molar-refractivity contribution is 14.1. The molecule has 1 aromatic rings. The van der Waals surface area contributed by atoms with Crippen molar-refractivity contribution in [2.45, 2.75) is 32.2 Å². The van der Waals surface area contributed by atoms with Crippen molar-refractivity contribution in [2.75, 3.05) is 13.1 Å². The van der Waals surface area contributed by atoms with E-state index in [4.69, 9.17) is 5.73 Å². The van der Waals surface area contributed by atoms with Gasteiger partial charge in [0.1, 0.15) is 0 Å². The molecule has 0 saturated carbocycles. The quantitative estimate of drug-likeness (QED) is 0.798. The van der Waals surface area contributed by atoms with E-state index in [-0.39, 0.29) is 11.9 Å². The number of hydrogen-bond donors (Lipinski definition) is 2. The third-order valence-electron chi connectivity index (χ3n) is 3.48. The molecule has 1 unspecified atom stereocenters. The Kier molecular flexibility index (Phi) is 5.18. The van der Waals surface area contributed by atoms with Crippen LogP contribution in [0.4, 0.5) is 0 Å². The fourth-order valence-electron chi connectivity index (χ4n) is 2.48. The van der Waals surface area contributed by atoms with Crippen molar-refractivity contribution in [3.05, 3.63) is 32.9 Å². The Bertz CT molecular complexity index is 458. The van der Waals surface area contributed by atoms with E-state index in [1.165, 1.54) is 19.3 Å². The molecule has 0 bridgehead atoms. The average Bonchev–Trinajstić information content (AvgIpc) is 2.39. The van der Waals surface area contributed by atoms with Gasteiger partial charge in [0.2, 0.25) is 5.91 Å². The number of carbonyl (C=O) groups excluding carboxylic acids is 1. The van der Waals surface area contributed by atoms with E-state index in [0.717, 1.165) is 22.2 Å². The largest absolute Gasteiger partial charge is 0.366 e. The van der Waals surface area contributed by atoms with Gasteiger partial charge in [-0.05, 0) is 66.1 Å². The van der Waals surface area contributed by atoms with Crippen molar-refractivity contribution in [3.63, 3.8) is 0 Å². The zero-order valence-corrected chi connectivity index (χ0v) is 13.3. The number of piperidine rings is 1. The molecule has 104 valence electrons. The van der Waals surface area contributed by atoms with Crippen LogP contribution in [0.25, 0.3) is 0 Å². The lowest BCUT2D eigenvalue weighted by Gasteiger charge is -2.31. The molecule has 0 spiro atoms. The normalized spacial score (nSPS) is 18.2. The predicted molar refractivity (Wildman–Crippen MR) is 84.7 cm³/mol. The number of benzene rings is 1. The molecular weight excluding hydrogens is 353 g/mol. The maximum Gasteiger partial charge on any atom is 0.249 e. The summed E-state index contributed by atoms with van der Waals surface area (Å²) in [7, 11) is 0. The molecule has 19 heavy (non-hydrogen) atoms. The van der Waals surface area contributed by atoms with E-state index in [1.807, 2.05) is 18.2 Å². The second-order valence-corrected chi connectivity index (χ2v) is 6.24. The first-order valence-corrected chi connectivity index (χ1v) is 7.76. The van der Waals surface area contributed by atoms with E-state index in [1.54, 1.807) is 0 Å². The van der Waals surface area contributed by atoms with Gasteiger partial charge in [0, 0.05) is 28.3 Å². The minimum atomic E-state index is -0.362. The van der Waals surface area contributed by atoms with E-state index < -0.39 is 0 Å². The SMILES string of the molecule is CC(NN1CCCCC1)c1cc(I)ccc1C(N)=O. The number of hydrogen-bond acceptors (Lipinski definition) is 3. The Morgan fingerprint density at radius 2 is 2.05 bits per heavy atom. The topological polar surface area (TPSA) is 58.4 Å². The number of rotatable bonds is 4. The van der Waals surface area contributed by atoms with Gasteiger partial charge in [-0.1, -0.05) is 6.42 Å². The van der Waals surface area contributed by atoms with Crippen LogP contribution in [0.15, 0.2) is 18.2 Å². The van der Waals surface area contributed by atoms with Gasteiger partial charge in [0.15, 0.2) is 0 Å². The maximum absolute atomic E-state index is 11.5. The number of nitrogens with two attached hydrogens (primary N) is 1. The fourth-order valence-corrected chi connectivity index (χ4v) is 3.00. The molecule has 1 fully saturated rings. The monoisotopic (exact) mass is 373 g/mol. The number of amides is 1. The molecule has 0 radical (unpaired) electrons. The minimum Gasteiger partial charge on any atom is -0.366 e. The van der Waals surface area contributed by atoms with Gasteiger partial charge < -0.3 is 5.73 Å². The lowest BCUT2D eigenvalue weighted by molar-refractivity contribution is 0.0995. The Morgan fingerprint density at radius 1 is 1.37 bits per heavy atom. The third kappa shape index (κ3) is 3.90. The molecule has 1 saturated heterocycles. The number of carbonyl (C=O) groups is 1. The summed E-state index contributed by atoms with van der Waals surface area (Å²) in [6, 6.07) is 5.85. The fraction of sp³-hybridized carbons (Fsp3) is 0.500. The van der Waals surface area contributed by atoms with Gasteiger partial charge in [-0.2, -0.15) is 0 Å². The Labute approximate surface area is 127 Å². The summed E-state index contributed by atoms with van der Waals surface area (Å²) >= 11 is 2.26. The molecule has 0 aliphatic carbocycles. The first kappa shape index (κ1) is 14.7. The van der Waals surface area contributed by atoms with Crippen LogP contribution in [0.2, 0.25) is 0 Å². The van der Waals surface area contributed by atoms with Crippen molar-refractivity contribution < 1.29 is 4.79 Å². The summed E-state index contributed by atoms with van der Waals surface area (Å²) in [6.07, 6.45) is 3.77.